The van der Waals surface area contributed by atoms with Crippen molar-refractivity contribution in [1.82, 2.24) is 0 Å². The van der Waals surface area contributed by atoms with E-state index in [1.54, 1.807) is 12.1 Å². The summed E-state index contributed by atoms with van der Waals surface area (Å²) in [5.74, 6) is -0.590. The van der Waals surface area contributed by atoms with Crippen molar-refractivity contribution < 1.29 is 15.0 Å². The molecule has 2 rings (SSSR count). The second kappa shape index (κ2) is 5.27. The van der Waals surface area contributed by atoms with E-state index in [4.69, 9.17) is 15.9 Å². The molecule has 0 saturated carbocycles. The Kier molecular flexibility index (Phi) is 3.72. The Bertz CT molecular complexity index is 440. The van der Waals surface area contributed by atoms with Crippen molar-refractivity contribution in [1.29, 1.82) is 0 Å². The molecule has 0 radical (unpaired) electrons. The summed E-state index contributed by atoms with van der Waals surface area (Å²) < 4.78 is 0. The highest BCUT2D eigenvalue weighted by Gasteiger charge is 2.20. The average Bonchev–Trinajstić information content (AvgIpc) is 2.38. The molecule has 1 saturated heterocycles. The number of carboxylic acid groups (broad SMARTS) is 1. The lowest BCUT2D eigenvalue weighted by Crippen LogP contribution is -2.35. The lowest BCUT2D eigenvalue weighted by molar-refractivity contribution is 0.0697. The Morgan fingerprint density at radius 3 is 2.56 bits per heavy atom. The number of rotatable bonds is 3. The first kappa shape index (κ1) is 12.7. The topological polar surface area (TPSA) is 86.8 Å². The Morgan fingerprint density at radius 1 is 1.39 bits per heavy atom. The van der Waals surface area contributed by atoms with E-state index in [0.29, 0.717) is 11.6 Å². The molecule has 0 atom stereocenters. The fourth-order valence-electron chi connectivity index (χ4n) is 2.33. The zero-order valence-corrected chi connectivity index (χ0v) is 10.2. The van der Waals surface area contributed by atoms with Crippen LogP contribution in [-0.4, -0.2) is 35.9 Å². The average molecular weight is 250 g/mol. The predicted octanol–water partition coefficient (Wildman–Crippen LogP) is 1.18. The molecule has 5 nitrogen and oxygen atoms in total. The van der Waals surface area contributed by atoms with Gasteiger partial charge in [0.05, 0.1) is 16.9 Å². The summed E-state index contributed by atoms with van der Waals surface area (Å²) in [4.78, 5) is 13.0. The maximum absolute atomic E-state index is 10.8. The van der Waals surface area contributed by atoms with Crippen LogP contribution in [0.2, 0.25) is 0 Å². The molecular formula is C13H18N2O3. The van der Waals surface area contributed by atoms with Crippen molar-refractivity contribution in [2.75, 3.05) is 30.3 Å². The highest BCUT2D eigenvalue weighted by molar-refractivity contribution is 5.90. The molecule has 1 aliphatic rings. The Morgan fingerprint density at radius 2 is 2.06 bits per heavy atom. The molecule has 5 heteroatoms. The third-order valence-electron chi connectivity index (χ3n) is 3.49. The monoisotopic (exact) mass is 250 g/mol. The summed E-state index contributed by atoms with van der Waals surface area (Å²) >= 11 is 0. The number of benzene rings is 1. The summed E-state index contributed by atoms with van der Waals surface area (Å²) in [6, 6.07) is 4.83. The predicted molar refractivity (Wildman–Crippen MR) is 69.8 cm³/mol. The standard InChI is InChI=1S/C13H18N2O3/c14-11-7-10(13(17)18)1-2-12(11)15-5-3-9(8-16)4-6-15/h1-2,7,9,16H,3-6,8,14H2,(H,17,18). The molecule has 0 amide bonds. The quantitative estimate of drug-likeness (QED) is 0.701. The van der Waals surface area contributed by atoms with E-state index in [0.717, 1.165) is 31.6 Å². The SMILES string of the molecule is Nc1cc(C(=O)O)ccc1N1CCC(CO)CC1. The van der Waals surface area contributed by atoms with Gasteiger partial charge in [0.1, 0.15) is 0 Å². The molecule has 1 aliphatic heterocycles. The summed E-state index contributed by atoms with van der Waals surface area (Å²) in [6.07, 6.45) is 1.88. The number of aromatic carboxylic acids is 1. The van der Waals surface area contributed by atoms with Crippen LogP contribution >= 0.6 is 0 Å². The van der Waals surface area contributed by atoms with Crippen LogP contribution in [-0.2, 0) is 0 Å². The van der Waals surface area contributed by atoms with Crippen LogP contribution in [0.5, 0.6) is 0 Å². The van der Waals surface area contributed by atoms with E-state index in [2.05, 4.69) is 4.90 Å². The number of nitrogens with two attached hydrogens (primary N) is 1. The first-order valence-corrected chi connectivity index (χ1v) is 6.10. The number of aliphatic hydroxyl groups is 1. The Hall–Kier alpha value is -1.75. The summed E-state index contributed by atoms with van der Waals surface area (Å²) in [7, 11) is 0. The normalized spacial score (nSPS) is 16.8. The van der Waals surface area contributed by atoms with Crippen molar-refractivity contribution >= 4 is 17.3 Å². The second-order valence-corrected chi connectivity index (χ2v) is 4.69. The zero-order chi connectivity index (χ0) is 13.1. The van der Waals surface area contributed by atoms with E-state index >= 15 is 0 Å². The van der Waals surface area contributed by atoms with Crippen molar-refractivity contribution in [3.05, 3.63) is 23.8 Å². The summed E-state index contributed by atoms with van der Waals surface area (Å²) in [5, 5.41) is 18.0. The van der Waals surface area contributed by atoms with E-state index < -0.39 is 5.97 Å². The smallest absolute Gasteiger partial charge is 0.335 e. The fourth-order valence-corrected chi connectivity index (χ4v) is 2.33. The van der Waals surface area contributed by atoms with Gasteiger partial charge in [-0.1, -0.05) is 0 Å². The van der Waals surface area contributed by atoms with Crippen molar-refractivity contribution in [3.63, 3.8) is 0 Å². The Labute approximate surface area is 106 Å². The van der Waals surface area contributed by atoms with Crippen LogP contribution in [0.3, 0.4) is 0 Å². The van der Waals surface area contributed by atoms with Crippen molar-refractivity contribution in [2.24, 2.45) is 5.92 Å². The lowest BCUT2D eigenvalue weighted by atomic mass is 9.97. The maximum atomic E-state index is 10.8. The van der Waals surface area contributed by atoms with Gasteiger partial charge in [0, 0.05) is 19.7 Å². The first-order chi connectivity index (χ1) is 8.61. The van der Waals surface area contributed by atoms with Gasteiger partial charge < -0.3 is 20.8 Å². The molecule has 1 fully saturated rings. The van der Waals surface area contributed by atoms with Crippen LogP contribution in [0.1, 0.15) is 23.2 Å². The van der Waals surface area contributed by atoms with E-state index in [9.17, 15) is 4.79 Å². The van der Waals surface area contributed by atoms with Crippen LogP contribution in [0.25, 0.3) is 0 Å². The minimum Gasteiger partial charge on any atom is -0.478 e. The second-order valence-electron chi connectivity index (χ2n) is 4.69. The van der Waals surface area contributed by atoms with Gasteiger partial charge in [0.25, 0.3) is 0 Å². The minimum atomic E-state index is -0.966. The van der Waals surface area contributed by atoms with Crippen molar-refractivity contribution in [2.45, 2.75) is 12.8 Å². The van der Waals surface area contributed by atoms with Crippen LogP contribution in [0, 0.1) is 5.92 Å². The third kappa shape index (κ3) is 2.56. The third-order valence-corrected chi connectivity index (χ3v) is 3.49. The van der Waals surface area contributed by atoms with E-state index in [1.807, 2.05) is 0 Å². The zero-order valence-electron chi connectivity index (χ0n) is 10.2. The maximum Gasteiger partial charge on any atom is 0.335 e. The molecule has 1 aromatic carbocycles. The molecule has 1 heterocycles. The molecule has 0 unspecified atom stereocenters. The number of hydrogen-bond acceptors (Lipinski definition) is 4. The molecule has 4 N–H and O–H groups in total. The highest BCUT2D eigenvalue weighted by atomic mass is 16.4. The van der Waals surface area contributed by atoms with Gasteiger partial charge in [-0.15, -0.1) is 0 Å². The van der Waals surface area contributed by atoms with Crippen molar-refractivity contribution in [3.8, 4) is 0 Å². The molecule has 18 heavy (non-hydrogen) atoms. The highest BCUT2D eigenvalue weighted by Crippen LogP contribution is 2.28. The molecule has 1 aromatic rings. The molecular weight excluding hydrogens is 232 g/mol. The molecule has 0 spiro atoms. The van der Waals surface area contributed by atoms with Crippen LogP contribution in [0.4, 0.5) is 11.4 Å². The van der Waals surface area contributed by atoms with Gasteiger partial charge in [-0.05, 0) is 37.0 Å². The van der Waals surface area contributed by atoms with Gasteiger partial charge in [0.2, 0.25) is 0 Å². The van der Waals surface area contributed by atoms with Gasteiger partial charge in [0.15, 0.2) is 0 Å². The number of nitrogens with zero attached hydrogens (tertiary/aromatic N) is 1. The molecule has 0 bridgehead atoms. The van der Waals surface area contributed by atoms with Gasteiger partial charge in [-0.2, -0.15) is 0 Å². The van der Waals surface area contributed by atoms with Gasteiger partial charge in [-0.25, -0.2) is 4.79 Å². The first-order valence-electron chi connectivity index (χ1n) is 6.10. The number of anilines is 2. The number of aliphatic hydroxyl groups excluding tert-OH is 1. The summed E-state index contributed by atoms with van der Waals surface area (Å²) in [5.41, 5.74) is 7.50. The molecule has 0 aliphatic carbocycles. The fraction of sp³-hybridized carbons (Fsp3) is 0.462. The number of carbonyl (C=O) groups is 1. The van der Waals surface area contributed by atoms with Gasteiger partial charge in [-0.3, -0.25) is 0 Å². The van der Waals surface area contributed by atoms with Crippen LogP contribution in [0.15, 0.2) is 18.2 Å². The number of piperidine rings is 1. The molecule has 98 valence electrons. The largest absolute Gasteiger partial charge is 0.478 e. The lowest BCUT2D eigenvalue weighted by Gasteiger charge is -2.33. The van der Waals surface area contributed by atoms with Crippen LogP contribution < -0.4 is 10.6 Å². The molecule has 0 aromatic heterocycles. The van der Waals surface area contributed by atoms with E-state index in [1.165, 1.54) is 6.07 Å². The number of nitrogen functional groups attached to an aromatic ring is 1. The Balaban J connectivity index is 2.12. The van der Waals surface area contributed by atoms with E-state index in [-0.39, 0.29) is 12.2 Å². The minimum absolute atomic E-state index is 0.210. The number of carboxylic acids is 1. The van der Waals surface area contributed by atoms with Gasteiger partial charge >= 0.3 is 5.97 Å². The summed E-state index contributed by atoms with van der Waals surface area (Å²) in [6.45, 7) is 1.94. The number of hydrogen-bond donors (Lipinski definition) is 3.